The van der Waals surface area contributed by atoms with E-state index in [1.165, 1.54) is 12.1 Å². The Labute approximate surface area is 93.0 Å². The molecule has 1 N–H and O–H groups in total. The number of aliphatic imine (C=N–C) groups is 1. The van der Waals surface area contributed by atoms with Gasteiger partial charge in [-0.2, -0.15) is 0 Å². The van der Waals surface area contributed by atoms with Crippen LogP contribution < -0.4 is 5.32 Å². The van der Waals surface area contributed by atoms with Crippen molar-refractivity contribution in [2.75, 3.05) is 17.6 Å². The number of hydrogen-bond donors (Lipinski definition) is 1. The molecule has 0 aromatic heterocycles. The largest absolute Gasteiger partial charge is 0.335 e. The lowest BCUT2D eigenvalue weighted by Crippen LogP contribution is -2.18. The van der Waals surface area contributed by atoms with Crippen LogP contribution >= 0.6 is 11.8 Å². The fraction of sp³-hybridized carbons (Fsp3) is 0.364. The van der Waals surface area contributed by atoms with Crippen LogP contribution in [0.15, 0.2) is 29.3 Å². The van der Waals surface area contributed by atoms with E-state index in [4.69, 9.17) is 0 Å². The summed E-state index contributed by atoms with van der Waals surface area (Å²) in [6, 6.07) is 6.43. The van der Waals surface area contributed by atoms with E-state index >= 15 is 0 Å². The fourth-order valence-corrected chi connectivity index (χ4v) is 2.23. The molecule has 2 rings (SSSR count). The summed E-state index contributed by atoms with van der Waals surface area (Å²) in [5.41, 5.74) is 0.760. The molecular weight excluding hydrogens is 211 g/mol. The van der Waals surface area contributed by atoms with Crippen molar-refractivity contribution >= 4 is 22.6 Å². The van der Waals surface area contributed by atoms with Crippen molar-refractivity contribution < 1.29 is 4.39 Å². The second-order valence-electron chi connectivity index (χ2n) is 3.70. The van der Waals surface area contributed by atoms with Gasteiger partial charge in [0.1, 0.15) is 5.82 Å². The van der Waals surface area contributed by atoms with Crippen LogP contribution in [0.3, 0.4) is 0 Å². The summed E-state index contributed by atoms with van der Waals surface area (Å²) in [5.74, 6) is 1.48. The highest BCUT2D eigenvalue weighted by Crippen LogP contribution is 2.19. The Bertz CT molecular complexity index is 379. The van der Waals surface area contributed by atoms with E-state index < -0.39 is 0 Å². The first-order valence-corrected chi connectivity index (χ1v) is 5.92. The highest BCUT2D eigenvalue weighted by molar-refractivity contribution is 8.14. The lowest BCUT2D eigenvalue weighted by molar-refractivity contribution is 0.628. The Morgan fingerprint density at radius 3 is 3.07 bits per heavy atom. The molecule has 15 heavy (non-hydrogen) atoms. The number of anilines is 1. The van der Waals surface area contributed by atoms with Gasteiger partial charge in [-0.1, -0.05) is 24.8 Å². The molecule has 1 aliphatic heterocycles. The second-order valence-corrected chi connectivity index (χ2v) is 4.71. The molecule has 0 spiro atoms. The molecule has 4 heteroatoms. The Balaban J connectivity index is 2.03. The van der Waals surface area contributed by atoms with Crippen molar-refractivity contribution in [1.29, 1.82) is 0 Å². The third-order valence-corrected chi connectivity index (χ3v) is 3.37. The smallest absolute Gasteiger partial charge is 0.161 e. The minimum absolute atomic E-state index is 0.227. The molecule has 80 valence electrons. The molecule has 2 nitrogen and oxygen atoms in total. The summed E-state index contributed by atoms with van der Waals surface area (Å²) in [7, 11) is 0. The molecule has 0 radical (unpaired) electrons. The number of halogens is 1. The number of nitrogens with zero attached hydrogens (tertiary/aromatic N) is 1. The molecule has 1 aromatic rings. The minimum Gasteiger partial charge on any atom is -0.335 e. The van der Waals surface area contributed by atoms with Crippen molar-refractivity contribution in [1.82, 2.24) is 0 Å². The van der Waals surface area contributed by atoms with Crippen LogP contribution in [-0.4, -0.2) is 17.5 Å². The molecule has 0 saturated carbocycles. The van der Waals surface area contributed by atoms with Crippen LogP contribution in [0.1, 0.15) is 6.92 Å². The van der Waals surface area contributed by atoms with Gasteiger partial charge in [0, 0.05) is 18.0 Å². The Morgan fingerprint density at radius 1 is 1.53 bits per heavy atom. The summed E-state index contributed by atoms with van der Waals surface area (Å²) in [4.78, 5) is 4.38. The zero-order chi connectivity index (χ0) is 10.7. The SMILES string of the molecule is CC1CN=C(Nc2cccc(F)c2)SC1. The highest BCUT2D eigenvalue weighted by atomic mass is 32.2. The van der Waals surface area contributed by atoms with Gasteiger partial charge in [0.25, 0.3) is 0 Å². The molecular formula is C11H13FN2S. The van der Waals surface area contributed by atoms with E-state index in [-0.39, 0.29) is 5.82 Å². The Kier molecular flexibility index (Phi) is 3.26. The molecule has 1 aromatic carbocycles. The number of rotatable bonds is 1. The summed E-state index contributed by atoms with van der Waals surface area (Å²) in [6.07, 6.45) is 0. The first kappa shape index (κ1) is 10.5. The third kappa shape index (κ3) is 2.96. The van der Waals surface area contributed by atoms with Gasteiger partial charge in [-0.25, -0.2) is 4.39 Å². The van der Waals surface area contributed by atoms with Crippen LogP contribution in [0.5, 0.6) is 0 Å². The molecule has 0 fully saturated rings. The van der Waals surface area contributed by atoms with E-state index in [2.05, 4.69) is 17.2 Å². The average Bonchev–Trinajstić information content (AvgIpc) is 2.22. The van der Waals surface area contributed by atoms with Crippen molar-refractivity contribution in [3.63, 3.8) is 0 Å². The highest BCUT2D eigenvalue weighted by Gasteiger charge is 2.11. The lowest BCUT2D eigenvalue weighted by Gasteiger charge is -2.17. The molecule has 0 aliphatic carbocycles. The standard InChI is InChI=1S/C11H13FN2S/c1-8-6-13-11(15-7-8)14-10-4-2-3-9(12)5-10/h2-5,8H,6-7H2,1H3,(H,13,14). The monoisotopic (exact) mass is 224 g/mol. The van der Waals surface area contributed by atoms with E-state index in [1.54, 1.807) is 17.8 Å². The first-order chi connectivity index (χ1) is 7.24. The van der Waals surface area contributed by atoms with Crippen LogP contribution in [0.4, 0.5) is 10.1 Å². The van der Waals surface area contributed by atoms with Gasteiger partial charge in [0.05, 0.1) is 0 Å². The molecule has 1 atom stereocenters. The topological polar surface area (TPSA) is 24.4 Å². The zero-order valence-corrected chi connectivity index (χ0v) is 9.35. The first-order valence-electron chi connectivity index (χ1n) is 4.94. The second kappa shape index (κ2) is 4.66. The molecule has 1 aliphatic rings. The van der Waals surface area contributed by atoms with Gasteiger partial charge >= 0.3 is 0 Å². The molecule has 0 bridgehead atoms. The van der Waals surface area contributed by atoms with Crippen LogP contribution in [-0.2, 0) is 0 Å². The van der Waals surface area contributed by atoms with Gasteiger partial charge in [-0.3, -0.25) is 4.99 Å². The van der Waals surface area contributed by atoms with Gasteiger partial charge < -0.3 is 5.32 Å². The van der Waals surface area contributed by atoms with E-state index in [9.17, 15) is 4.39 Å². The summed E-state index contributed by atoms with van der Waals surface area (Å²) < 4.78 is 12.9. The quantitative estimate of drug-likeness (QED) is 0.793. The Hall–Kier alpha value is -1.03. The summed E-state index contributed by atoms with van der Waals surface area (Å²) >= 11 is 1.69. The fourth-order valence-electron chi connectivity index (χ4n) is 1.32. The van der Waals surface area contributed by atoms with E-state index in [0.29, 0.717) is 5.92 Å². The number of hydrogen-bond acceptors (Lipinski definition) is 3. The number of thioether (sulfide) groups is 1. The molecule has 0 saturated heterocycles. The van der Waals surface area contributed by atoms with Crippen LogP contribution in [0, 0.1) is 11.7 Å². The average molecular weight is 224 g/mol. The predicted octanol–water partition coefficient (Wildman–Crippen LogP) is 2.98. The minimum atomic E-state index is -0.227. The Morgan fingerprint density at radius 2 is 2.40 bits per heavy atom. The maximum absolute atomic E-state index is 12.9. The van der Waals surface area contributed by atoms with Gasteiger partial charge in [-0.05, 0) is 24.1 Å². The van der Waals surface area contributed by atoms with Crippen LogP contribution in [0.2, 0.25) is 0 Å². The normalized spacial score (nSPS) is 20.9. The zero-order valence-electron chi connectivity index (χ0n) is 8.53. The predicted molar refractivity (Wildman–Crippen MR) is 63.9 cm³/mol. The van der Waals surface area contributed by atoms with Gasteiger partial charge in [0.2, 0.25) is 0 Å². The van der Waals surface area contributed by atoms with E-state index in [1.807, 2.05) is 6.07 Å². The molecule has 1 unspecified atom stereocenters. The van der Waals surface area contributed by atoms with E-state index in [0.717, 1.165) is 23.2 Å². The van der Waals surface area contributed by atoms with Crippen LogP contribution in [0.25, 0.3) is 0 Å². The third-order valence-electron chi connectivity index (χ3n) is 2.13. The number of benzene rings is 1. The van der Waals surface area contributed by atoms with Gasteiger partial charge in [-0.15, -0.1) is 0 Å². The number of nitrogens with one attached hydrogen (secondary N) is 1. The summed E-state index contributed by atoms with van der Waals surface area (Å²) in [5, 5.41) is 4.00. The lowest BCUT2D eigenvalue weighted by atomic mass is 10.2. The maximum atomic E-state index is 12.9. The maximum Gasteiger partial charge on any atom is 0.161 e. The summed E-state index contributed by atoms with van der Waals surface area (Å²) in [6.45, 7) is 3.03. The molecule has 0 amide bonds. The van der Waals surface area contributed by atoms with Crippen molar-refractivity contribution in [3.8, 4) is 0 Å². The van der Waals surface area contributed by atoms with Crippen molar-refractivity contribution in [2.45, 2.75) is 6.92 Å². The van der Waals surface area contributed by atoms with Crippen molar-refractivity contribution in [2.24, 2.45) is 10.9 Å². The van der Waals surface area contributed by atoms with Crippen molar-refractivity contribution in [3.05, 3.63) is 30.1 Å². The molecule has 1 heterocycles. The number of amidine groups is 1. The van der Waals surface area contributed by atoms with Gasteiger partial charge in [0.15, 0.2) is 5.17 Å².